The Kier molecular flexibility index (Phi) is 6.92. The third-order valence-electron chi connectivity index (χ3n) is 3.34. The van der Waals surface area contributed by atoms with Crippen LogP contribution in [-0.2, 0) is 0 Å². The summed E-state index contributed by atoms with van der Waals surface area (Å²) in [6.07, 6.45) is 4.21. The fourth-order valence-corrected chi connectivity index (χ4v) is 2.06. The molecule has 0 aliphatic heterocycles. The van der Waals surface area contributed by atoms with Crippen LogP contribution in [0.1, 0.15) is 0 Å². The number of nitrogen functional groups attached to an aromatic ring is 1. The van der Waals surface area contributed by atoms with Crippen molar-refractivity contribution in [3.05, 3.63) is 19.0 Å². The molecule has 0 atom stereocenters. The highest BCUT2D eigenvalue weighted by atomic mass is 15.2. The highest BCUT2D eigenvalue weighted by Gasteiger charge is 2.02. The first kappa shape index (κ1) is 19.6. The van der Waals surface area contributed by atoms with Gasteiger partial charge < -0.3 is 32.3 Å². The summed E-state index contributed by atoms with van der Waals surface area (Å²) in [5.41, 5.74) is 5.50. The quantitative estimate of drug-likeness (QED) is 0.212. The number of anilines is 6. The van der Waals surface area contributed by atoms with Crippen LogP contribution in [0.5, 0.6) is 0 Å². The van der Waals surface area contributed by atoms with Crippen molar-refractivity contribution in [2.24, 2.45) is 0 Å². The highest BCUT2D eigenvalue weighted by Crippen LogP contribution is 2.03. The van der Waals surface area contributed by atoms with Crippen molar-refractivity contribution in [3.63, 3.8) is 0 Å². The molecule has 0 bridgehead atoms. The summed E-state index contributed by atoms with van der Waals surface area (Å²) >= 11 is 0. The van der Waals surface area contributed by atoms with Gasteiger partial charge in [0.25, 0.3) is 0 Å². The number of nitrogens with two attached hydrogens (primary N) is 1. The fourth-order valence-electron chi connectivity index (χ4n) is 2.06. The molecule has 3 aromatic rings. The van der Waals surface area contributed by atoms with Crippen molar-refractivity contribution in [1.29, 1.82) is 0 Å². The first-order chi connectivity index (χ1) is 14.2. The zero-order valence-electron chi connectivity index (χ0n) is 15.7. The van der Waals surface area contributed by atoms with Crippen LogP contribution in [0.2, 0.25) is 0 Å². The van der Waals surface area contributed by atoms with Crippen molar-refractivity contribution in [1.82, 2.24) is 44.9 Å². The lowest BCUT2D eigenvalue weighted by Gasteiger charge is -2.09. The Bertz CT molecular complexity index is 903. The normalized spacial score (nSPS) is 10.2. The monoisotopic (exact) mass is 399 g/mol. The van der Waals surface area contributed by atoms with E-state index in [1.807, 2.05) is 0 Å². The standard InChI is InChI=1S/C14H21N15/c1-16-10-22-7-24-12(28-10)18-4-5-20-14-26-8-25-13(29-14)19-3-2-17-11-23-6-21-9(15)27-11/h6-8H,2-5H2,1H3,(H3,15,17,21,23,27)(H2,16,18,22,24,28)(H2,19,20,25,26,29). The molecule has 0 aliphatic carbocycles. The van der Waals surface area contributed by atoms with Crippen LogP contribution in [0, 0.1) is 0 Å². The van der Waals surface area contributed by atoms with Crippen molar-refractivity contribution in [2.75, 3.05) is 65.5 Å². The summed E-state index contributed by atoms with van der Waals surface area (Å²) in [6.45, 7) is 2.22. The van der Waals surface area contributed by atoms with Gasteiger partial charge in [0.2, 0.25) is 35.7 Å². The number of nitrogens with one attached hydrogen (secondary N) is 5. The Morgan fingerprint density at radius 2 is 0.966 bits per heavy atom. The molecule has 0 fully saturated rings. The summed E-state index contributed by atoms with van der Waals surface area (Å²) in [6, 6.07) is 0. The third-order valence-corrected chi connectivity index (χ3v) is 3.34. The van der Waals surface area contributed by atoms with Crippen LogP contribution in [0.25, 0.3) is 0 Å². The van der Waals surface area contributed by atoms with Gasteiger partial charge in [-0.05, 0) is 0 Å². The first-order valence-electron chi connectivity index (χ1n) is 8.69. The largest absolute Gasteiger partial charge is 0.368 e. The number of rotatable bonds is 11. The fraction of sp³-hybridized carbons (Fsp3) is 0.357. The van der Waals surface area contributed by atoms with E-state index in [9.17, 15) is 0 Å². The summed E-state index contributed by atoms with van der Waals surface area (Å²) in [4.78, 5) is 36.3. The maximum absolute atomic E-state index is 5.50. The molecule has 0 amide bonds. The van der Waals surface area contributed by atoms with Crippen molar-refractivity contribution in [3.8, 4) is 0 Å². The van der Waals surface area contributed by atoms with Crippen LogP contribution in [0.4, 0.5) is 35.7 Å². The van der Waals surface area contributed by atoms with Crippen LogP contribution in [0.15, 0.2) is 19.0 Å². The van der Waals surface area contributed by atoms with E-state index in [0.29, 0.717) is 55.9 Å². The van der Waals surface area contributed by atoms with Gasteiger partial charge >= 0.3 is 0 Å². The van der Waals surface area contributed by atoms with Crippen LogP contribution >= 0.6 is 0 Å². The van der Waals surface area contributed by atoms with Gasteiger partial charge in [-0.3, -0.25) is 0 Å². The van der Waals surface area contributed by atoms with Gasteiger partial charge in [-0.25, -0.2) is 29.9 Å². The Morgan fingerprint density at radius 3 is 1.41 bits per heavy atom. The maximum atomic E-state index is 5.50. The number of hydrogen-bond donors (Lipinski definition) is 6. The average Bonchev–Trinajstić information content (AvgIpc) is 2.75. The van der Waals surface area contributed by atoms with E-state index in [4.69, 9.17) is 5.73 Å². The topological polar surface area (TPSA) is 202 Å². The predicted molar refractivity (Wildman–Crippen MR) is 107 cm³/mol. The van der Waals surface area contributed by atoms with Gasteiger partial charge in [0.05, 0.1) is 0 Å². The maximum Gasteiger partial charge on any atom is 0.227 e. The Balaban J connectivity index is 1.37. The van der Waals surface area contributed by atoms with E-state index < -0.39 is 0 Å². The Morgan fingerprint density at radius 1 is 0.586 bits per heavy atom. The Hall–Kier alpha value is -4.17. The lowest BCUT2D eigenvalue weighted by atomic mass is 10.6. The lowest BCUT2D eigenvalue weighted by Crippen LogP contribution is -2.19. The van der Waals surface area contributed by atoms with E-state index in [0.717, 1.165) is 0 Å². The summed E-state index contributed by atoms with van der Waals surface area (Å²) in [5.74, 6) is 2.45. The molecular formula is C14H21N15. The number of aromatic nitrogens is 9. The third kappa shape index (κ3) is 6.49. The molecule has 0 radical (unpaired) electrons. The molecule has 3 aromatic heterocycles. The highest BCUT2D eigenvalue weighted by molar-refractivity contribution is 5.35. The van der Waals surface area contributed by atoms with Crippen molar-refractivity contribution >= 4 is 35.7 Å². The molecule has 0 aliphatic rings. The zero-order chi connectivity index (χ0) is 20.3. The molecule has 15 nitrogen and oxygen atoms in total. The summed E-state index contributed by atoms with van der Waals surface area (Å²) < 4.78 is 0. The predicted octanol–water partition coefficient (Wildman–Crippen LogP) is -1.09. The second kappa shape index (κ2) is 10.2. The molecule has 15 heteroatoms. The van der Waals surface area contributed by atoms with E-state index in [1.54, 1.807) is 7.05 Å². The molecule has 0 spiro atoms. The van der Waals surface area contributed by atoms with Gasteiger partial charge in [-0.2, -0.15) is 15.0 Å². The average molecular weight is 399 g/mol. The number of hydrogen-bond acceptors (Lipinski definition) is 15. The SMILES string of the molecule is CNc1ncnc(NCCNc2ncnc(NCCNc3ncnc(N)n3)n2)n1. The van der Waals surface area contributed by atoms with Gasteiger partial charge in [-0.1, -0.05) is 0 Å². The molecule has 29 heavy (non-hydrogen) atoms. The molecule has 3 heterocycles. The Labute approximate surface area is 165 Å². The van der Waals surface area contributed by atoms with Gasteiger partial charge in [0.15, 0.2) is 0 Å². The van der Waals surface area contributed by atoms with Crippen molar-refractivity contribution < 1.29 is 0 Å². The van der Waals surface area contributed by atoms with Crippen LogP contribution < -0.4 is 32.3 Å². The molecule has 7 N–H and O–H groups in total. The summed E-state index contributed by atoms with van der Waals surface area (Å²) in [7, 11) is 1.74. The number of nitrogens with zero attached hydrogens (tertiary/aromatic N) is 9. The molecule has 0 aromatic carbocycles. The summed E-state index contributed by atoms with van der Waals surface area (Å²) in [5, 5.41) is 15.1. The van der Waals surface area contributed by atoms with E-state index in [-0.39, 0.29) is 5.95 Å². The van der Waals surface area contributed by atoms with Gasteiger partial charge in [0.1, 0.15) is 19.0 Å². The molecule has 3 rings (SSSR count). The minimum atomic E-state index is 0.163. The minimum Gasteiger partial charge on any atom is -0.368 e. The second-order valence-corrected chi connectivity index (χ2v) is 5.39. The van der Waals surface area contributed by atoms with Gasteiger partial charge in [-0.15, -0.1) is 0 Å². The first-order valence-corrected chi connectivity index (χ1v) is 8.69. The smallest absolute Gasteiger partial charge is 0.227 e. The van der Waals surface area contributed by atoms with Crippen LogP contribution in [0.3, 0.4) is 0 Å². The van der Waals surface area contributed by atoms with Gasteiger partial charge in [0, 0.05) is 33.2 Å². The minimum absolute atomic E-state index is 0.163. The van der Waals surface area contributed by atoms with E-state index >= 15 is 0 Å². The lowest BCUT2D eigenvalue weighted by molar-refractivity contribution is 0.947. The van der Waals surface area contributed by atoms with Crippen molar-refractivity contribution in [2.45, 2.75) is 0 Å². The zero-order valence-corrected chi connectivity index (χ0v) is 15.7. The van der Waals surface area contributed by atoms with E-state index in [2.05, 4.69) is 71.4 Å². The van der Waals surface area contributed by atoms with Crippen LogP contribution in [-0.4, -0.2) is 78.1 Å². The molecule has 152 valence electrons. The second-order valence-electron chi connectivity index (χ2n) is 5.39. The molecule has 0 saturated heterocycles. The molecular weight excluding hydrogens is 378 g/mol. The molecule has 0 unspecified atom stereocenters. The van der Waals surface area contributed by atoms with E-state index in [1.165, 1.54) is 19.0 Å². The molecule has 0 saturated carbocycles.